The first-order valence-electron chi connectivity index (χ1n) is 9.59. The normalized spacial score (nSPS) is 18.6. The number of carboxylic acid groups (broad SMARTS) is 2. The molecule has 1 heterocycles. The third-order valence-corrected chi connectivity index (χ3v) is 4.99. The van der Waals surface area contributed by atoms with E-state index in [1.807, 2.05) is 0 Å². The van der Waals surface area contributed by atoms with Crippen LogP contribution in [0.4, 0.5) is 0 Å². The second kappa shape index (κ2) is 13.7. The number of hydrogen-bond donors (Lipinski definition) is 6. The number of rotatable bonds is 11. The third-order valence-electron chi connectivity index (χ3n) is 4.77. The number of aliphatic carboxylic acids is 2. The molecule has 1 atom stereocenters. The van der Waals surface area contributed by atoms with E-state index in [2.05, 4.69) is 17.9 Å². The Bertz CT molecular complexity index is 510. The number of nitrogens with one attached hydrogen (secondary N) is 1. The molecule has 1 aliphatic rings. The monoisotopic (exact) mass is 436 g/mol. The van der Waals surface area contributed by atoms with Crippen LogP contribution < -0.4 is 5.32 Å². The Kier molecular flexibility index (Phi) is 12.1. The average Bonchev–Trinajstić information content (AvgIpc) is 2.71. The van der Waals surface area contributed by atoms with Crippen molar-refractivity contribution in [3.05, 3.63) is 0 Å². The number of carbonyl (C=O) groups excluding carboxylic acids is 1. The van der Waals surface area contributed by atoms with E-state index in [-0.39, 0.29) is 31.8 Å². The van der Waals surface area contributed by atoms with Crippen LogP contribution in [0.25, 0.3) is 0 Å². The summed E-state index contributed by atoms with van der Waals surface area (Å²) in [4.78, 5) is 39.2. The van der Waals surface area contributed by atoms with E-state index < -0.39 is 24.3 Å². The minimum atomic E-state index is -1.69. The summed E-state index contributed by atoms with van der Waals surface area (Å²) in [6.45, 7) is 2.33. The summed E-state index contributed by atoms with van der Waals surface area (Å²) in [5.74, 6) is -1.68. The van der Waals surface area contributed by atoms with Gasteiger partial charge >= 0.3 is 11.9 Å². The molecular weight excluding hydrogens is 404 g/mol. The van der Waals surface area contributed by atoms with E-state index in [1.165, 1.54) is 0 Å². The van der Waals surface area contributed by atoms with Crippen molar-refractivity contribution in [2.75, 3.05) is 64.7 Å². The van der Waals surface area contributed by atoms with Crippen molar-refractivity contribution >= 4 is 30.5 Å². The second-order valence-electron chi connectivity index (χ2n) is 6.97. The lowest BCUT2D eigenvalue weighted by Crippen LogP contribution is -2.49. The molecule has 0 aliphatic carbocycles. The second-order valence-corrected chi connectivity index (χ2v) is 7.42. The van der Waals surface area contributed by atoms with Gasteiger partial charge in [0.15, 0.2) is 6.29 Å². The highest BCUT2D eigenvalue weighted by molar-refractivity contribution is 7.80. The number of hydrogen-bond acceptors (Lipinski definition) is 9. The maximum absolute atomic E-state index is 11.9. The summed E-state index contributed by atoms with van der Waals surface area (Å²) in [6, 6.07) is -0.729. The Morgan fingerprint density at radius 2 is 1.38 bits per heavy atom. The van der Waals surface area contributed by atoms with Crippen LogP contribution in [0.5, 0.6) is 0 Å². The summed E-state index contributed by atoms with van der Waals surface area (Å²) < 4.78 is 0. The molecule has 0 bridgehead atoms. The van der Waals surface area contributed by atoms with Gasteiger partial charge in [0.2, 0.25) is 5.91 Å². The fourth-order valence-electron chi connectivity index (χ4n) is 3.27. The molecule has 1 saturated heterocycles. The van der Waals surface area contributed by atoms with Gasteiger partial charge in [0, 0.05) is 58.0 Å². The van der Waals surface area contributed by atoms with Crippen LogP contribution in [0, 0.1) is 0 Å². The molecule has 0 saturated carbocycles. The molecule has 1 aliphatic heterocycles. The highest BCUT2D eigenvalue weighted by Crippen LogP contribution is 2.13. The van der Waals surface area contributed by atoms with E-state index in [9.17, 15) is 24.6 Å². The van der Waals surface area contributed by atoms with E-state index in [0.29, 0.717) is 51.6 Å². The van der Waals surface area contributed by atoms with Gasteiger partial charge in [0.05, 0.1) is 19.1 Å². The number of carboxylic acids is 2. The summed E-state index contributed by atoms with van der Waals surface area (Å²) in [5.41, 5.74) is 0. The highest BCUT2D eigenvalue weighted by atomic mass is 32.1. The zero-order chi connectivity index (χ0) is 21.8. The zero-order valence-electron chi connectivity index (χ0n) is 16.4. The average molecular weight is 437 g/mol. The van der Waals surface area contributed by atoms with Crippen molar-refractivity contribution in [1.29, 1.82) is 0 Å². The summed E-state index contributed by atoms with van der Waals surface area (Å²) in [5, 5.41) is 40.6. The summed E-state index contributed by atoms with van der Waals surface area (Å²) >= 11 is 4.02. The van der Waals surface area contributed by atoms with Gasteiger partial charge in [-0.1, -0.05) is 0 Å². The Morgan fingerprint density at radius 1 is 0.897 bits per heavy atom. The van der Waals surface area contributed by atoms with E-state index in [1.54, 1.807) is 14.7 Å². The Hall–Kier alpha value is -1.44. The topological polar surface area (TPSA) is 154 Å². The molecule has 29 heavy (non-hydrogen) atoms. The SMILES string of the molecule is O=C(O)CN1CCN(CC(=O)O)CCN([C@@H](CCC(=O)NCCS)C(O)O)CC1. The van der Waals surface area contributed by atoms with Crippen LogP contribution in [0.3, 0.4) is 0 Å². The number of carbonyl (C=O) groups is 3. The first kappa shape index (κ1) is 25.6. The molecule has 0 unspecified atom stereocenters. The molecule has 0 spiro atoms. The smallest absolute Gasteiger partial charge is 0.317 e. The Labute approximate surface area is 175 Å². The lowest BCUT2D eigenvalue weighted by molar-refractivity contribution is -0.140. The van der Waals surface area contributed by atoms with Gasteiger partial charge in [-0.25, -0.2) is 0 Å². The first-order chi connectivity index (χ1) is 13.7. The fourth-order valence-corrected chi connectivity index (χ4v) is 3.38. The quantitative estimate of drug-likeness (QED) is 0.152. The Morgan fingerprint density at radius 3 is 1.79 bits per heavy atom. The van der Waals surface area contributed by atoms with Crippen LogP contribution in [0.1, 0.15) is 12.8 Å². The minimum Gasteiger partial charge on any atom is -0.480 e. The largest absolute Gasteiger partial charge is 0.480 e. The van der Waals surface area contributed by atoms with Gasteiger partial charge in [0.25, 0.3) is 0 Å². The van der Waals surface area contributed by atoms with Crippen molar-refractivity contribution in [3.8, 4) is 0 Å². The number of thiol groups is 1. The number of nitrogens with zero attached hydrogens (tertiary/aromatic N) is 3. The number of aliphatic hydroxyl groups is 2. The molecule has 0 aromatic carbocycles. The zero-order valence-corrected chi connectivity index (χ0v) is 17.3. The summed E-state index contributed by atoms with van der Waals surface area (Å²) in [7, 11) is 0. The molecule has 0 aromatic heterocycles. The predicted octanol–water partition coefficient (Wildman–Crippen LogP) is -2.42. The van der Waals surface area contributed by atoms with Crippen LogP contribution in [-0.4, -0.2) is 130 Å². The number of amides is 1. The maximum Gasteiger partial charge on any atom is 0.317 e. The fraction of sp³-hybridized carbons (Fsp3) is 0.824. The molecule has 0 aromatic rings. The van der Waals surface area contributed by atoms with Gasteiger partial charge in [-0.2, -0.15) is 12.6 Å². The first-order valence-corrected chi connectivity index (χ1v) is 10.2. The van der Waals surface area contributed by atoms with Gasteiger partial charge < -0.3 is 25.7 Å². The highest BCUT2D eigenvalue weighted by Gasteiger charge is 2.28. The van der Waals surface area contributed by atoms with Gasteiger partial charge in [-0.3, -0.25) is 29.1 Å². The van der Waals surface area contributed by atoms with Crippen molar-refractivity contribution in [1.82, 2.24) is 20.0 Å². The van der Waals surface area contributed by atoms with Crippen LogP contribution >= 0.6 is 12.6 Å². The maximum atomic E-state index is 11.9. The molecule has 168 valence electrons. The van der Waals surface area contributed by atoms with Crippen molar-refractivity contribution in [2.45, 2.75) is 25.2 Å². The lowest BCUT2D eigenvalue weighted by Gasteiger charge is -2.34. The predicted molar refractivity (Wildman–Crippen MR) is 108 cm³/mol. The molecule has 1 rings (SSSR count). The van der Waals surface area contributed by atoms with Gasteiger partial charge in [-0.15, -0.1) is 0 Å². The molecule has 1 fully saturated rings. The molecule has 1 amide bonds. The van der Waals surface area contributed by atoms with Crippen molar-refractivity contribution in [3.63, 3.8) is 0 Å². The van der Waals surface area contributed by atoms with Crippen molar-refractivity contribution < 1.29 is 34.8 Å². The molecule has 5 N–H and O–H groups in total. The summed E-state index contributed by atoms with van der Waals surface area (Å²) in [6.07, 6.45) is -1.38. The van der Waals surface area contributed by atoms with E-state index in [4.69, 9.17) is 10.2 Å². The van der Waals surface area contributed by atoms with E-state index >= 15 is 0 Å². The molecular formula is C17H32N4O7S. The van der Waals surface area contributed by atoms with Crippen molar-refractivity contribution in [2.24, 2.45) is 0 Å². The standard InChI is InChI=1S/C17H32N4O7S/c22-14(18-3-10-29)2-1-13(17(27)28)21-8-6-19(11-15(23)24)4-5-20(7-9-21)12-16(25)26/h13,17,27-29H,1-12H2,(H,18,22)(H,23,24)(H,25,26)/t13-/m0/s1. The number of aliphatic hydroxyl groups excluding tert-OH is 1. The molecule has 12 heteroatoms. The third kappa shape index (κ3) is 10.8. The van der Waals surface area contributed by atoms with Gasteiger partial charge in [-0.05, 0) is 6.42 Å². The Balaban J connectivity index is 2.83. The lowest BCUT2D eigenvalue weighted by atomic mass is 10.1. The van der Waals surface area contributed by atoms with Gasteiger partial charge in [0.1, 0.15) is 0 Å². The minimum absolute atomic E-state index is 0.101. The molecule has 11 nitrogen and oxygen atoms in total. The van der Waals surface area contributed by atoms with Crippen LogP contribution in [0.15, 0.2) is 0 Å². The molecule has 0 radical (unpaired) electrons. The van der Waals surface area contributed by atoms with Crippen LogP contribution in [-0.2, 0) is 14.4 Å². The van der Waals surface area contributed by atoms with Crippen LogP contribution in [0.2, 0.25) is 0 Å². The van der Waals surface area contributed by atoms with E-state index in [0.717, 1.165) is 0 Å².